The van der Waals surface area contributed by atoms with Gasteiger partial charge < -0.3 is 15.4 Å². The number of carbonyl (C=O) groups is 1. The maximum Gasteiger partial charge on any atom is 0.315 e. The van der Waals surface area contributed by atoms with Gasteiger partial charge in [-0.2, -0.15) is 0 Å². The number of halogens is 1. The minimum atomic E-state index is -0.251. The molecule has 1 aromatic carbocycles. The van der Waals surface area contributed by atoms with Gasteiger partial charge in [-0.1, -0.05) is 29.8 Å². The summed E-state index contributed by atoms with van der Waals surface area (Å²) in [6, 6.07) is 10.7. The second-order valence-electron chi connectivity index (χ2n) is 5.00. The minimum Gasteiger partial charge on any atom is -0.478 e. The van der Waals surface area contributed by atoms with Gasteiger partial charge in [-0.25, -0.2) is 9.78 Å². The number of benzene rings is 1. The highest BCUT2D eigenvalue weighted by Crippen LogP contribution is 2.16. The second-order valence-corrected chi connectivity index (χ2v) is 5.44. The van der Waals surface area contributed by atoms with E-state index >= 15 is 0 Å². The van der Waals surface area contributed by atoms with Crippen molar-refractivity contribution in [2.45, 2.75) is 26.4 Å². The minimum absolute atomic E-state index is 0.118. The predicted molar refractivity (Wildman–Crippen MR) is 90.6 cm³/mol. The van der Waals surface area contributed by atoms with Gasteiger partial charge in [0.05, 0.1) is 12.6 Å². The summed E-state index contributed by atoms with van der Waals surface area (Å²) >= 11 is 5.86. The van der Waals surface area contributed by atoms with Crippen LogP contribution in [0.2, 0.25) is 5.02 Å². The zero-order valence-corrected chi connectivity index (χ0v) is 13.9. The van der Waals surface area contributed by atoms with E-state index in [-0.39, 0.29) is 12.1 Å². The van der Waals surface area contributed by atoms with Crippen molar-refractivity contribution >= 4 is 17.6 Å². The molecule has 0 spiro atoms. The van der Waals surface area contributed by atoms with Gasteiger partial charge in [0, 0.05) is 23.3 Å². The van der Waals surface area contributed by atoms with Gasteiger partial charge in [0.25, 0.3) is 0 Å². The lowest BCUT2D eigenvalue weighted by Crippen LogP contribution is -2.36. The molecule has 0 aliphatic carbocycles. The summed E-state index contributed by atoms with van der Waals surface area (Å²) < 4.78 is 5.44. The smallest absolute Gasteiger partial charge is 0.315 e. The molecular formula is C17H20ClN3O2. The monoisotopic (exact) mass is 333 g/mol. The van der Waals surface area contributed by atoms with Crippen molar-refractivity contribution in [3.05, 3.63) is 58.7 Å². The summed E-state index contributed by atoms with van der Waals surface area (Å²) in [7, 11) is 0. The van der Waals surface area contributed by atoms with Crippen molar-refractivity contribution in [2.75, 3.05) is 6.61 Å². The van der Waals surface area contributed by atoms with Crippen molar-refractivity contribution < 1.29 is 9.53 Å². The van der Waals surface area contributed by atoms with Crippen molar-refractivity contribution in [1.29, 1.82) is 0 Å². The van der Waals surface area contributed by atoms with Crippen LogP contribution in [-0.4, -0.2) is 17.6 Å². The first-order valence-electron chi connectivity index (χ1n) is 7.46. The number of nitrogens with zero attached hydrogens (tertiary/aromatic N) is 1. The Morgan fingerprint density at radius 1 is 1.30 bits per heavy atom. The predicted octanol–water partition coefficient (Wildman–Crippen LogP) is 3.69. The van der Waals surface area contributed by atoms with E-state index in [1.165, 1.54) is 0 Å². The van der Waals surface area contributed by atoms with E-state index in [9.17, 15) is 4.79 Å². The lowest BCUT2D eigenvalue weighted by atomic mass is 10.1. The Morgan fingerprint density at radius 2 is 2.04 bits per heavy atom. The third kappa shape index (κ3) is 5.14. The molecule has 1 aromatic heterocycles. The van der Waals surface area contributed by atoms with Crippen LogP contribution < -0.4 is 15.4 Å². The molecule has 1 unspecified atom stereocenters. The SMILES string of the molecule is CCOc1ncccc1CNC(=O)NC(C)c1ccc(Cl)cc1. The zero-order chi connectivity index (χ0) is 16.7. The number of pyridine rings is 1. The number of hydrogen-bond donors (Lipinski definition) is 2. The molecule has 2 amide bonds. The van der Waals surface area contributed by atoms with Gasteiger partial charge in [-0.15, -0.1) is 0 Å². The highest BCUT2D eigenvalue weighted by Gasteiger charge is 2.10. The maximum absolute atomic E-state index is 12.0. The zero-order valence-electron chi connectivity index (χ0n) is 13.2. The van der Waals surface area contributed by atoms with Crippen molar-refractivity contribution in [2.24, 2.45) is 0 Å². The molecule has 0 aliphatic heterocycles. The average molecular weight is 334 g/mol. The normalized spacial score (nSPS) is 11.6. The van der Waals surface area contributed by atoms with Crippen LogP contribution in [0.5, 0.6) is 5.88 Å². The molecule has 0 saturated carbocycles. The van der Waals surface area contributed by atoms with Crippen LogP contribution in [0.1, 0.15) is 31.0 Å². The Morgan fingerprint density at radius 3 is 2.74 bits per heavy atom. The Balaban J connectivity index is 1.89. The van der Waals surface area contributed by atoms with E-state index in [0.717, 1.165) is 11.1 Å². The van der Waals surface area contributed by atoms with Crippen LogP contribution >= 0.6 is 11.6 Å². The fourth-order valence-corrected chi connectivity index (χ4v) is 2.21. The molecule has 2 rings (SSSR count). The molecule has 0 bridgehead atoms. The van der Waals surface area contributed by atoms with Gasteiger partial charge in [0.2, 0.25) is 5.88 Å². The number of carbonyl (C=O) groups excluding carboxylic acids is 1. The Kier molecular flexibility index (Phi) is 6.23. The molecular weight excluding hydrogens is 314 g/mol. The van der Waals surface area contributed by atoms with E-state index in [1.807, 2.05) is 38.1 Å². The van der Waals surface area contributed by atoms with Crippen molar-refractivity contribution in [1.82, 2.24) is 15.6 Å². The quantitative estimate of drug-likeness (QED) is 0.847. The lowest BCUT2D eigenvalue weighted by molar-refractivity contribution is 0.237. The van der Waals surface area contributed by atoms with Crippen LogP contribution in [0.25, 0.3) is 0 Å². The first kappa shape index (κ1) is 17.1. The third-order valence-corrected chi connectivity index (χ3v) is 3.54. The first-order chi connectivity index (χ1) is 11.1. The molecule has 0 fully saturated rings. The average Bonchev–Trinajstić information content (AvgIpc) is 2.55. The van der Waals surface area contributed by atoms with E-state index in [4.69, 9.17) is 16.3 Å². The van der Waals surface area contributed by atoms with E-state index in [2.05, 4.69) is 15.6 Å². The maximum atomic E-state index is 12.0. The summed E-state index contributed by atoms with van der Waals surface area (Å²) in [5, 5.41) is 6.37. The number of ether oxygens (including phenoxy) is 1. The molecule has 6 heteroatoms. The molecule has 1 atom stereocenters. The van der Waals surface area contributed by atoms with E-state index in [1.54, 1.807) is 18.3 Å². The van der Waals surface area contributed by atoms with Crippen LogP contribution in [-0.2, 0) is 6.54 Å². The van der Waals surface area contributed by atoms with E-state index in [0.29, 0.717) is 24.1 Å². The summed E-state index contributed by atoms with van der Waals surface area (Å²) in [4.78, 5) is 16.2. The standard InChI is InChI=1S/C17H20ClN3O2/c1-3-23-16-14(5-4-10-19-16)11-20-17(22)21-12(2)13-6-8-15(18)9-7-13/h4-10,12H,3,11H2,1-2H3,(H2,20,21,22). The summed E-state index contributed by atoms with van der Waals surface area (Å²) in [6.07, 6.45) is 1.66. The molecule has 0 radical (unpaired) electrons. The van der Waals surface area contributed by atoms with Crippen LogP contribution in [0.3, 0.4) is 0 Å². The molecule has 0 aliphatic rings. The largest absolute Gasteiger partial charge is 0.478 e. The van der Waals surface area contributed by atoms with Crippen LogP contribution in [0.4, 0.5) is 4.79 Å². The van der Waals surface area contributed by atoms with Gasteiger partial charge in [0.15, 0.2) is 0 Å². The fraction of sp³-hybridized carbons (Fsp3) is 0.294. The number of amides is 2. The van der Waals surface area contributed by atoms with Crippen molar-refractivity contribution in [3.63, 3.8) is 0 Å². The third-order valence-electron chi connectivity index (χ3n) is 3.29. The molecule has 1 heterocycles. The van der Waals surface area contributed by atoms with E-state index < -0.39 is 0 Å². The molecule has 122 valence electrons. The number of urea groups is 1. The molecule has 0 saturated heterocycles. The second kappa shape index (κ2) is 8.39. The molecule has 2 aromatic rings. The van der Waals surface area contributed by atoms with Crippen molar-refractivity contribution in [3.8, 4) is 5.88 Å². The Labute approximate surface area is 141 Å². The van der Waals surface area contributed by atoms with Gasteiger partial charge in [0.1, 0.15) is 0 Å². The number of nitrogens with one attached hydrogen (secondary N) is 2. The summed E-state index contributed by atoms with van der Waals surface area (Å²) in [6.45, 7) is 4.69. The van der Waals surface area contributed by atoms with Gasteiger partial charge in [-0.3, -0.25) is 0 Å². The number of aromatic nitrogens is 1. The Bertz CT molecular complexity index is 647. The van der Waals surface area contributed by atoms with Crippen LogP contribution in [0, 0.1) is 0 Å². The van der Waals surface area contributed by atoms with Gasteiger partial charge in [-0.05, 0) is 37.6 Å². The first-order valence-corrected chi connectivity index (χ1v) is 7.84. The highest BCUT2D eigenvalue weighted by atomic mass is 35.5. The topological polar surface area (TPSA) is 63.2 Å². The lowest BCUT2D eigenvalue weighted by Gasteiger charge is -2.16. The molecule has 2 N–H and O–H groups in total. The summed E-state index contributed by atoms with van der Waals surface area (Å²) in [5.74, 6) is 0.543. The molecule has 5 nitrogen and oxygen atoms in total. The molecule has 23 heavy (non-hydrogen) atoms. The fourth-order valence-electron chi connectivity index (χ4n) is 2.08. The van der Waals surface area contributed by atoms with Gasteiger partial charge >= 0.3 is 6.03 Å². The van der Waals surface area contributed by atoms with Crippen LogP contribution in [0.15, 0.2) is 42.6 Å². The summed E-state index contributed by atoms with van der Waals surface area (Å²) in [5.41, 5.74) is 1.82. The Hall–Kier alpha value is -2.27. The highest BCUT2D eigenvalue weighted by molar-refractivity contribution is 6.30. The number of hydrogen-bond acceptors (Lipinski definition) is 3. The number of rotatable bonds is 6.